The van der Waals surface area contributed by atoms with E-state index in [1.165, 1.54) is 16.8 Å². The molecule has 1 atom stereocenters. The highest BCUT2D eigenvalue weighted by Crippen LogP contribution is 2.33. The van der Waals surface area contributed by atoms with E-state index in [1.807, 2.05) is 4.90 Å². The molecular weight excluding hydrogens is 390 g/mol. The van der Waals surface area contributed by atoms with Gasteiger partial charge in [-0.15, -0.1) is 0 Å². The van der Waals surface area contributed by atoms with Crippen molar-refractivity contribution in [2.24, 2.45) is 0 Å². The fourth-order valence-electron chi connectivity index (χ4n) is 4.67. The SMILES string of the molecule is COc1ccc(C(=O)N2CCC(c3n[nH]c4c3CN(Cc3ccccc3)CC4)C2)cn1. The summed E-state index contributed by atoms with van der Waals surface area (Å²) in [5.41, 5.74) is 5.65. The third kappa shape index (κ3) is 4.05. The monoisotopic (exact) mass is 417 g/mol. The predicted molar refractivity (Wildman–Crippen MR) is 117 cm³/mol. The molecule has 0 spiro atoms. The van der Waals surface area contributed by atoms with Crippen molar-refractivity contribution in [3.8, 4) is 5.88 Å². The van der Waals surface area contributed by atoms with Crippen LogP contribution >= 0.6 is 0 Å². The standard InChI is InChI=1S/C24H27N5O2/c1-31-22-8-7-18(13-25-22)24(30)29-12-9-19(15-29)23-20-16-28(11-10-21(20)26-27-23)14-17-5-3-2-4-6-17/h2-8,13,19H,9-12,14-16H2,1H3,(H,26,27). The summed E-state index contributed by atoms with van der Waals surface area (Å²) in [6.07, 6.45) is 3.51. The lowest BCUT2D eigenvalue weighted by Gasteiger charge is -2.27. The smallest absolute Gasteiger partial charge is 0.255 e. The number of hydrogen-bond donors (Lipinski definition) is 1. The van der Waals surface area contributed by atoms with Crippen LogP contribution < -0.4 is 4.74 Å². The minimum atomic E-state index is 0.0211. The maximum absolute atomic E-state index is 12.9. The molecule has 2 aliphatic rings. The number of amides is 1. The molecule has 2 aromatic heterocycles. The Labute approximate surface area is 182 Å². The van der Waals surface area contributed by atoms with Crippen molar-refractivity contribution >= 4 is 5.91 Å². The minimum absolute atomic E-state index is 0.0211. The number of carbonyl (C=O) groups excluding carboxylic acids is 1. The van der Waals surface area contributed by atoms with Gasteiger partial charge in [-0.3, -0.25) is 14.8 Å². The number of fused-ring (bicyclic) bond motifs is 1. The van der Waals surface area contributed by atoms with Crippen molar-refractivity contribution in [2.75, 3.05) is 26.7 Å². The van der Waals surface area contributed by atoms with E-state index in [0.717, 1.165) is 44.7 Å². The number of methoxy groups -OCH3 is 1. The van der Waals surface area contributed by atoms with Crippen LogP contribution in [0.15, 0.2) is 48.7 Å². The number of benzene rings is 1. The van der Waals surface area contributed by atoms with Crippen LogP contribution in [0.2, 0.25) is 0 Å². The molecule has 2 aliphatic heterocycles. The van der Waals surface area contributed by atoms with Crippen molar-refractivity contribution < 1.29 is 9.53 Å². The van der Waals surface area contributed by atoms with Crippen molar-refractivity contribution in [1.82, 2.24) is 25.0 Å². The molecule has 31 heavy (non-hydrogen) atoms. The van der Waals surface area contributed by atoms with E-state index in [0.29, 0.717) is 18.0 Å². The van der Waals surface area contributed by atoms with Gasteiger partial charge < -0.3 is 9.64 Å². The van der Waals surface area contributed by atoms with Crippen molar-refractivity contribution in [3.05, 3.63) is 76.7 Å². The summed E-state index contributed by atoms with van der Waals surface area (Å²) in [5, 5.41) is 7.96. The first-order chi connectivity index (χ1) is 15.2. The second-order valence-corrected chi connectivity index (χ2v) is 8.34. The van der Waals surface area contributed by atoms with Crippen LogP contribution in [0.4, 0.5) is 0 Å². The maximum Gasteiger partial charge on any atom is 0.255 e. The first-order valence-corrected chi connectivity index (χ1v) is 10.8. The molecule has 1 unspecified atom stereocenters. The van der Waals surface area contributed by atoms with Crippen LogP contribution in [0, 0.1) is 0 Å². The summed E-state index contributed by atoms with van der Waals surface area (Å²) < 4.78 is 5.09. The van der Waals surface area contributed by atoms with Crippen LogP contribution in [0.1, 0.15) is 45.2 Å². The Morgan fingerprint density at radius 3 is 2.84 bits per heavy atom. The number of aromatic nitrogens is 3. The highest BCUT2D eigenvalue weighted by molar-refractivity contribution is 5.94. The fraction of sp³-hybridized carbons (Fsp3) is 0.375. The lowest BCUT2D eigenvalue weighted by atomic mass is 9.96. The highest BCUT2D eigenvalue weighted by atomic mass is 16.5. The molecule has 0 saturated carbocycles. The number of H-pyrrole nitrogens is 1. The summed E-state index contributed by atoms with van der Waals surface area (Å²) in [4.78, 5) is 21.5. The van der Waals surface area contributed by atoms with E-state index in [2.05, 4.69) is 45.3 Å². The molecule has 1 aromatic carbocycles. The van der Waals surface area contributed by atoms with E-state index < -0.39 is 0 Å². The van der Waals surface area contributed by atoms with Crippen molar-refractivity contribution in [2.45, 2.75) is 31.8 Å². The minimum Gasteiger partial charge on any atom is -0.481 e. The number of rotatable bonds is 5. The number of nitrogens with one attached hydrogen (secondary N) is 1. The normalized spacial score (nSPS) is 18.7. The van der Waals surface area contributed by atoms with E-state index in [-0.39, 0.29) is 11.8 Å². The summed E-state index contributed by atoms with van der Waals surface area (Å²) in [7, 11) is 1.57. The van der Waals surface area contributed by atoms with Gasteiger partial charge in [-0.1, -0.05) is 30.3 Å². The van der Waals surface area contributed by atoms with Crippen LogP contribution in [0.25, 0.3) is 0 Å². The fourth-order valence-corrected chi connectivity index (χ4v) is 4.67. The zero-order valence-corrected chi connectivity index (χ0v) is 17.8. The molecule has 7 nitrogen and oxygen atoms in total. The molecule has 1 saturated heterocycles. The second kappa shape index (κ2) is 8.51. The highest BCUT2D eigenvalue weighted by Gasteiger charge is 2.33. The topological polar surface area (TPSA) is 74.3 Å². The van der Waals surface area contributed by atoms with Crippen molar-refractivity contribution in [3.63, 3.8) is 0 Å². The molecule has 3 aromatic rings. The molecule has 160 valence electrons. The van der Waals surface area contributed by atoms with Crippen molar-refractivity contribution in [1.29, 1.82) is 0 Å². The van der Waals surface area contributed by atoms with Gasteiger partial charge in [0.15, 0.2) is 0 Å². The van der Waals surface area contributed by atoms with Gasteiger partial charge >= 0.3 is 0 Å². The van der Waals surface area contributed by atoms with Gasteiger partial charge in [0.1, 0.15) is 0 Å². The Hall–Kier alpha value is -3.19. The lowest BCUT2D eigenvalue weighted by molar-refractivity contribution is 0.0790. The maximum atomic E-state index is 12.9. The van der Waals surface area contributed by atoms with Gasteiger partial charge in [0.05, 0.1) is 18.4 Å². The molecule has 1 N–H and O–H groups in total. The first-order valence-electron chi connectivity index (χ1n) is 10.8. The molecule has 1 fully saturated rings. The Morgan fingerprint density at radius 2 is 2.06 bits per heavy atom. The predicted octanol–water partition coefficient (Wildman–Crippen LogP) is 3.00. The van der Waals surface area contributed by atoms with Gasteiger partial charge in [-0.2, -0.15) is 5.10 Å². The summed E-state index contributed by atoms with van der Waals surface area (Å²) >= 11 is 0. The Balaban J connectivity index is 1.27. The molecule has 1 amide bonds. The molecule has 4 heterocycles. The number of aromatic amines is 1. The number of ether oxygens (including phenoxy) is 1. The molecule has 0 radical (unpaired) electrons. The number of pyridine rings is 1. The average Bonchev–Trinajstić information content (AvgIpc) is 3.46. The zero-order valence-electron chi connectivity index (χ0n) is 17.8. The Kier molecular flexibility index (Phi) is 5.42. The quantitative estimate of drug-likeness (QED) is 0.691. The average molecular weight is 418 g/mol. The Morgan fingerprint density at radius 1 is 1.19 bits per heavy atom. The molecule has 7 heteroatoms. The van der Waals surface area contributed by atoms with Gasteiger partial charge in [0, 0.05) is 68.6 Å². The van der Waals surface area contributed by atoms with E-state index in [9.17, 15) is 4.79 Å². The largest absolute Gasteiger partial charge is 0.481 e. The first kappa shape index (κ1) is 19.8. The third-order valence-corrected chi connectivity index (χ3v) is 6.35. The van der Waals surface area contributed by atoms with Crippen LogP contribution in [-0.4, -0.2) is 57.6 Å². The van der Waals surface area contributed by atoms with Crippen LogP contribution in [0.3, 0.4) is 0 Å². The molecular formula is C24H27N5O2. The number of likely N-dealkylation sites (tertiary alicyclic amines) is 1. The zero-order chi connectivity index (χ0) is 21.2. The molecule has 5 rings (SSSR count). The summed E-state index contributed by atoms with van der Waals surface area (Å²) in [6.45, 7) is 4.32. The van der Waals surface area contributed by atoms with E-state index >= 15 is 0 Å². The molecule has 0 aliphatic carbocycles. The Bertz CT molecular complexity index is 1050. The second-order valence-electron chi connectivity index (χ2n) is 8.34. The van der Waals surface area contributed by atoms with E-state index in [4.69, 9.17) is 9.84 Å². The van der Waals surface area contributed by atoms with E-state index in [1.54, 1.807) is 25.4 Å². The molecule has 0 bridgehead atoms. The summed E-state index contributed by atoms with van der Waals surface area (Å²) in [6, 6.07) is 14.1. The van der Waals surface area contributed by atoms with Gasteiger partial charge in [-0.05, 0) is 18.1 Å². The third-order valence-electron chi connectivity index (χ3n) is 6.35. The number of hydrogen-bond acceptors (Lipinski definition) is 5. The lowest BCUT2D eigenvalue weighted by Crippen LogP contribution is -2.31. The number of carbonyl (C=O) groups is 1. The summed E-state index contributed by atoms with van der Waals surface area (Å²) in [5.74, 6) is 0.804. The van der Waals surface area contributed by atoms with Gasteiger partial charge in [0.25, 0.3) is 5.91 Å². The van der Waals surface area contributed by atoms with Crippen LogP contribution in [-0.2, 0) is 19.5 Å². The number of nitrogens with zero attached hydrogens (tertiary/aromatic N) is 4. The van der Waals surface area contributed by atoms with Crippen LogP contribution in [0.5, 0.6) is 5.88 Å². The van der Waals surface area contributed by atoms with Gasteiger partial charge in [0.2, 0.25) is 5.88 Å². The van der Waals surface area contributed by atoms with Gasteiger partial charge in [-0.25, -0.2) is 4.98 Å².